The number of amides is 1. The van der Waals surface area contributed by atoms with Crippen LogP contribution < -0.4 is 5.32 Å². The maximum Gasteiger partial charge on any atom is 0.255 e. The van der Waals surface area contributed by atoms with Crippen molar-refractivity contribution in [2.45, 2.75) is 51.6 Å². The number of aryl methyl sites for hydroxylation is 1. The molecule has 25 heavy (non-hydrogen) atoms. The van der Waals surface area contributed by atoms with Gasteiger partial charge in [-0.25, -0.2) is 0 Å². The maximum absolute atomic E-state index is 12.3. The molecule has 3 heteroatoms. The van der Waals surface area contributed by atoms with Gasteiger partial charge in [0.1, 0.15) is 0 Å². The summed E-state index contributed by atoms with van der Waals surface area (Å²) in [5, 5.41) is 2.98. The molecule has 1 saturated carbocycles. The van der Waals surface area contributed by atoms with Crippen LogP contribution in [0.4, 0.5) is 5.69 Å². The summed E-state index contributed by atoms with van der Waals surface area (Å²) in [5.41, 5.74) is 3.92. The van der Waals surface area contributed by atoms with E-state index in [1.165, 1.54) is 37.7 Å². The van der Waals surface area contributed by atoms with Gasteiger partial charge in [0.15, 0.2) is 0 Å². The van der Waals surface area contributed by atoms with Crippen LogP contribution in [-0.4, -0.2) is 23.9 Å². The van der Waals surface area contributed by atoms with Gasteiger partial charge in [-0.15, -0.1) is 0 Å². The fraction of sp³-hybridized carbons (Fsp3) is 0.409. The van der Waals surface area contributed by atoms with Crippen molar-refractivity contribution in [1.29, 1.82) is 0 Å². The van der Waals surface area contributed by atoms with Gasteiger partial charge in [0, 0.05) is 23.8 Å². The van der Waals surface area contributed by atoms with E-state index >= 15 is 0 Å². The van der Waals surface area contributed by atoms with Gasteiger partial charge in [0.05, 0.1) is 0 Å². The molecule has 2 aromatic carbocycles. The van der Waals surface area contributed by atoms with E-state index in [2.05, 4.69) is 29.4 Å². The van der Waals surface area contributed by atoms with Crippen LogP contribution in [0.25, 0.3) is 0 Å². The van der Waals surface area contributed by atoms with Crippen molar-refractivity contribution in [3.05, 3.63) is 65.2 Å². The highest BCUT2D eigenvalue weighted by Crippen LogP contribution is 2.23. The van der Waals surface area contributed by atoms with Gasteiger partial charge in [-0.3, -0.25) is 9.69 Å². The summed E-state index contributed by atoms with van der Waals surface area (Å²) in [6.07, 6.45) is 6.75. The molecule has 0 spiro atoms. The zero-order valence-corrected chi connectivity index (χ0v) is 15.3. The zero-order chi connectivity index (χ0) is 17.6. The molecule has 3 rings (SSSR count). The third kappa shape index (κ3) is 4.93. The van der Waals surface area contributed by atoms with Crippen LogP contribution in [0.15, 0.2) is 48.5 Å². The lowest BCUT2D eigenvalue weighted by molar-refractivity contribution is 0.102. The molecule has 2 aromatic rings. The van der Waals surface area contributed by atoms with Gasteiger partial charge in [-0.1, -0.05) is 49.1 Å². The summed E-state index contributed by atoms with van der Waals surface area (Å²) < 4.78 is 0. The van der Waals surface area contributed by atoms with Gasteiger partial charge in [-0.2, -0.15) is 0 Å². The van der Waals surface area contributed by atoms with Crippen LogP contribution >= 0.6 is 0 Å². The molecule has 1 N–H and O–H groups in total. The number of carbonyl (C=O) groups excluding carboxylic acids is 1. The minimum absolute atomic E-state index is 0.0595. The minimum atomic E-state index is -0.0595. The quantitative estimate of drug-likeness (QED) is 0.832. The molecule has 0 bridgehead atoms. The summed E-state index contributed by atoms with van der Waals surface area (Å²) in [5.74, 6) is -0.0595. The summed E-state index contributed by atoms with van der Waals surface area (Å²) in [6, 6.07) is 16.6. The first kappa shape index (κ1) is 17.7. The number of carbonyl (C=O) groups is 1. The Labute approximate surface area is 151 Å². The van der Waals surface area contributed by atoms with E-state index in [-0.39, 0.29) is 5.91 Å². The molecule has 1 amide bonds. The highest BCUT2D eigenvalue weighted by molar-refractivity contribution is 6.04. The second kappa shape index (κ2) is 8.30. The van der Waals surface area contributed by atoms with E-state index in [0.717, 1.165) is 23.8 Å². The average Bonchev–Trinajstić information content (AvgIpc) is 2.64. The molecule has 1 aliphatic rings. The van der Waals surface area contributed by atoms with Crippen LogP contribution in [0.1, 0.15) is 53.6 Å². The Hall–Kier alpha value is -2.13. The van der Waals surface area contributed by atoms with Crippen LogP contribution in [0.3, 0.4) is 0 Å². The Morgan fingerprint density at radius 3 is 2.48 bits per heavy atom. The van der Waals surface area contributed by atoms with Gasteiger partial charge in [0.25, 0.3) is 5.91 Å². The molecule has 3 nitrogen and oxygen atoms in total. The number of nitrogens with one attached hydrogen (secondary N) is 1. The van der Waals surface area contributed by atoms with Gasteiger partial charge in [-0.05, 0) is 56.6 Å². The normalized spacial score (nSPS) is 15.3. The summed E-state index contributed by atoms with van der Waals surface area (Å²) in [4.78, 5) is 14.8. The average molecular weight is 336 g/mol. The fourth-order valence-corrected chi connectivity index (χ4v) is 3.62. The number of rotatable bonds is 5. The molecule has 0 unspecified atom stereocenters. The largest absolute Gasteiger partial charge is 0.322 e. The van der Waals surface area contributed by atoms with Gasteiger partial charge in [0.2, 0.25) is 0 Å². The van der Waals surface area contributed by atoms with Crippen molar-refractivity contribution in [2.24, 2.45) is 0 Å². The summed E-state index contributed by atoms with van der Waals surface area (Å²) in [7, 11) is 2.23. The zero-order valence-electron chi connectivity index (χ0n) is 15.3. The Morgan fingerprint density at radius 2 is 1.80 bits per heavy atom. The minimum Gasteiger partial charge on any atom is -0.322 e. The van der Waals surface area contributed by atoms with Gasteiger partial charge >= 0.3 is 0 Å². The maximum atomic E-state index is 12.3. The molecule has 0 heterocycles. The first-order chi connectivity index (χ1) is 12.1. The van der Waals surface area contributed by atoms with Crippen LogP contribution in [0.5, 0.6) is 0 Å². The van der Waals surface area contributed by atoms with E-state index in [0.29, 0.717) is 5.56 Å². The number of anilines is 1. The number of hydrogen-bond acceptors (Lipinski definition) is 2. The SMILES string of the molecule is Cc1cccc(C(=O)Nc2ccc(CN(C)C3CCCCC3)cc2)c1. The van der Waals surface area contributed by atoms with E-state index in [9.17, 15) is 4.79 Å². The van der Waals surface area contributed by atoms with Crippen molar-refractivity contribution in [1.82, 2.24) is 4.90 Å². The Morgan fingerprint density at radius 1 is 1.08 bits per heavy atom. The van der Waals surface area contributed by atoms with Crippen molar-refractivity contribution in [3.8, 4) is 0 Å². The van der Waals surface area contributed by atoms with Gasteiger partial charge < -0.3 is 5.32 Å². The second-order valence-electron chi connectivity index (χ2n) is 7.23. The standard InChI is InChI=1S/C22H28N2O/c1-17-7-6-8-19(15-17)22(25)23-20-13-11-18(12-14-20)16-24(2)21-9-4-3-5-10-21/h6-8,11-15,21H,3-5,9-10,16H2,1-2H3,(H,23,25). The second-order valence-corrected chi connectivity index (χ2v) is 7.23. The molecule has 0 atom stereocenters. The van der Waals surface area contributed by atoms with Crippen molar-refractivity contribution >= 4 is 11.6 Å². The number of hydrogen-bond donors (Lipinski definition) is 1. The van der Waals surface area contributed by atoms with Crippen molar-refractivity contribution in [2.75, 3.05) is 12.4 Å². The molecule has 0 aliphatic heterocycles. The molecular weight excluding hydrogens is 308 g/mol. The molecule has 0 aromatic heterocycles. The van der Waals surface area contributed by atoms with E-state index in [1.54, 1.807) is 0 Å². The third-order valence-corrected chi connectivity index (χ3v) is 5.12. The lowest BCUT2D eigenvalue weighted by Gasteiger charge is -2.31. The number of benzene rings is 2. The highest BCUT2D eigenvalue weighted by Gasteiger charge is 2.17. The molecular formula is C22H28N2O. The first-order valence-electron chi connectivity index (χ1n) is 9.29. The Balaban J connectivity index is 1.57. The van der Waals surface area contributed by atoms with E-state index in [1.807, 2.05) is 43.3 Å². The van der Waals surface area contributed by atoms with Crippen LogP contribution in [-0.2, 0) is 6.54 Å². The predicted molar refractivity (Wildman–Crippen MR) is 104 cm³/mol. The van der Waals surface area contributed by atoms with Crippen molar-refractivity contribution in [3.63, 3.8) is 0 Å². The lowest BCUT2D eigenvalue weighted by Crippen LogP contribution is -2.32. The molecule has 0 radical (unpaired) electrons. The van der Waals surface area contributed by atoms with E-state index in [4.69, 9.17) is 0 Å². The van der Waals surface area contributed by atoms with Crippen LogP contribution in [0.2, 0.25) is 0 Å². The summed E-state index contributed by atoms with van der Waals surface area (Å²) >= 11 is 0. The topological polar surface area (TPSA) is 32.3 Å². The van der Waals surface area contributed by atoms with E-state index < -0.39 is 0 Å². The predicted octanol–water partition coefficient (Wildman–Crippen LogP) is 5.01. The Kier molecular flexibility index (Phi) is 5.87. The molecule has 132 valence electrons. The summed E-state index contributed by atoms with van der Waals surface area (Å²) in [6.45, 7) is 2.96. The highest BCUT2D eigenvalue weighted by atomic mass is 16.1. The molecule has 1 fully saturated rings. The first-order valence-corrected chi connectivity index (χ1v) is 9.29. The smallest absolute Gasteiger partial charge is 0.255 e. The Bertz CT molecular complexity index is 702. The monoisotopic (exact) mass is 336 g/mol. The lowest BCUT2D eigenvalue weighted by atomic mass is 9.94. The van der Waals surface area contributed by atoms with Crippen LogP contribution in [0, 0.1) is 6.92 Å². The fourth-order valence-electron chi connectivity index (χ4n) is 3.62. The molecule has 1 aliphatic carbocycles. The number of nitrogens with zero attached hydrogens (tertiary/aromatic N) is 1. The molecule has 0 saturated heterocycles. The van der Waals surface area contributed by atoms with Crippen molar-refractivity contribution < 1.29 is 4.79 Å². The third-order valence-electron chi connectivity index (χ3n) is 5.12.